The minimum atomic E-state index is 0.0961. The molecule has 0 saturated carbocycles. The number of ether oxygens (including phenoxy) is 1. The third-order valence-corrected chi connectivity index (χ3v) is 3.11. The number of nitrogens with zero attached hydrogens (tertiary/aromatic N) is 3. The molecule has 2 rings (SSSR count). The summed E-state index contributed by atoms with van der Waals surface area (Å²) in [6.45, 7) is 7.79. The first-order valence-electron chi connectivity index (χ1n) is 7.23. The van der Waals surface area contributed by atoms with Crippen LogP contribution in [0.2, 0.25) is 0 Å². The number of rotatable bonds is 6. The lowest BCUT2D eigenvalue weighted by atomic mass is 10.1. The minimum absolute atomic E-state index is 0.0961. The van der Waals surface area contributed by atoms with Crippen molar-refractivity contribution >= 4 is 0 Å². The normalized spacial score (nSPS) is 11.6. The van der Waals surface area contributed by atoms with Gasteiger partial charge in [0.25, 0.3) is 0 Å². The molecule has 21 heavy (non-hydrogen) atoms. The second-order valence-corrected chi connectivity index (χ2v) is 6.14. The monoisotopic (exact) mass is 288 g/mol. The van der Waals surface area contributed by atoms with E-state index < -0.39 is 0 Å². The van der Waals surface area contributed by atoms with Gasteiger partial charge < -0.3 is 14.6 Å². The summed E-state index contributed by atoms with van der Waals surface area (Å²) < 4.78 is 7.70. The van der Waals surface area contributed by atoms with Crippen molar-refractivity contribution in [2.75, 3.05) is 6.61 Å². The van der Waals surface area contributed by atoms with Gasteiger partial charge in [0.15, 0.2) is 0 Å². The van der Waals surface area contributed by atoms with E-state index in [-0.39, 0.29) is 5.54 Å². The van der Waals surface area contributed by atoms with Crippen molar-refractivity contribution in [3.8, 4) is 5.75 Å². The van der Waals surface area contributed by atoms with Crippen LogP contribution in [0.25, 0.3) is 0 Å². The van der Waals surface area contributed by atoms with E-state index in [1.807, 2.05) is 29.9 Å². The zero-order valence-corrected chi connectivity index (χ0v) is 13.3. The van der Waals surface area contributed by atoms with E-state index in [4.69, 9.17) is 4.74 Å². The lowest BCUT2D eigenvalue weighted by molar-refractivity contribution is 0.316. The second-order valence-electron chi connectivity index (χ2n) is 6.14. The second kappa shape index (κ2) is 6.72. The van der Waals surface area contributed by atoms with Crippen LogP contribution >= 0.6 is 0 Å². The van der Waals surface area contributed by atoms with E-state index in [0.29, 0.717) is 6.61 Å². The number of hydrogen-bond acceptors (Lipinski definition) is 4. The van der Waals surface area contributed by atoms with Crippen LogP contribution in [0.1, 0.15) is 32.3 Å². The lowest BCUT2D eigenvalue weighted by Gasteiger charge is -2.20. The summed E-state index contributed by atoms with van der Waals surface area (Å²) in [6.07, 6.45) is 6.30. The van der Waals surface area contributed by atoms with Crippen LogP contribution in [0, 0.1) is 0 Å². The maximum absolute atomic E-state index is 5.70. The van der Waals surface area contributed by atoms with Gasteiger partial charge in [0.1, 0.15) is 11.6 Å². The Bertz CT molecular complexity index is 554. The molecule has 114 valence electrons. The number of hydrogen-bond donors (Lipinski definition) is 1. The number of pyridine rings is 1. The van der Waals surface area contributed by atoms with Gasteiger partial charge >= 0.3 is 0 Å². The summed E-state index contributed by atoms with van der Waals surface area (Å²) in [4.78, 5) is 8.67. The lowest BCUT2D eigenvalue weighted by Crippen LogP contribution is -2.35. The highest BCUT2D eigenvalue weighted by atomic mass is 16.5. The first-order chi connectivity index (χ1) is 9.94. The fourth-order valence-corrected chi connectivity index (χ4v) is 1.85. The highest BCUT2D eigenvalue weighted by Gasteiger charge is 2.08. The van der Waals surface area contributed by atoms with Crippen LogP contribution < -0.4 is 10.1 Å². The molecule has 2 aromatic rings. The van der Waals surface area contributed by atoms with Gasteiger partial charge in [-0.15, -0.1) is 0 Å². The zero-order valence-electron chi connectivity index (χ0n) is 13.3. The summed E-state index contributed by atoms with van der Waals surface area (Å²) in [5, 5.41) is 3.41. The fraction of sp³-hybridized carbons (Fsp3) is 0.500. The maximum atomic E-state index is 5.70. The fourth-order valence-electron chi connectivity index (χ4n) is 1.85. The molecule has 0 aliphatic carbocycles. The quantitative estimate of drug-likeness (QED) is 0.886. The van der Waals surface area contributed by atoms with Crippen LogP contribution in [0.4, 0.5) is 0 Å². The molecule has 0 unspecified atom stereocenters. The predicted octanol–water partition coefficient (Wildman–Crippen LogP) is 2.32. The van der Waals surface area contributed by atoms with Crippen LogP contribution in [0.15, 0.2) is 30.7 Å². The Hall–Kier alpha value is -1.88. The maximum Gasteiger partial charge on any atom is 0.137 e. The van der Waals surface area contributed by atoms with Crippen molar-refractivity contribution in [3.05, 3.63) is 42.2 Å². The molecule has 5 nitrogen and oxygen atoms in total. The van der Waals surface area contributed by atoms with Gasteiger partial charge in [0.05, 0.1) is 18.5 Å². The van der Waals surface area contributed by atoms with Gasteiger partial charge in [-0.3, -0.25) is 4.98 Å². The minimum Gasteiger partial charge on any atom is -0.492 e. The van der Waals surface area contributed by atoms with Gasteiger partial charge in [-0.2, -0.15) is 0 Å². The summed E-state index contributed by atoms with van der Waals surface area (Å²) in [5.74, 6) is 1.82. The van der Waals surface area contributed by atoms with E-state index in [9.17, 15) is 0 Å². The smallest absolute Gasteiger partial charge is 0.137 e. The SMILES string of the molecule is Cn1ccnc1CCOc1ccc(CNC(C)(C)C)nc1. The van der Waals surface area contributed by atoms with E-state index in [2.05, 4.69) is 36.1 Å². The third-order valence-electron chi connectivity index (χ3n) is 3.11. The van der Waals surface area contributed by atoms with Crippen LogP contribution in [0.5, 0.6) is 5.75 Å². The van der Waals surface area contributed by atoms with Gasteiger partial charge in [0.2, 0.25) is 0 Å². The Morgan fingerprint density at radius 3 is 2.62 bits per heavy atom. The van der Waals surface area contributed by atoms with Crippen molar-refractivity contribution in [2.24, 2.45) is 7.05 Å². The van der Waals surface area contributed by atoms with Crippen molar-refractivity contribution in [3.63, 3.8) is 0 Å². The topological polar surface area (TPSA) is 52.0 Å². The molecule has 0 fully saturated rings. The number of imidazole rings is 1. The molecule has 0 amide bonds. The Morgan fingerprint density at radius 1 is 1.24 bits per heavy atom. The van der Waals surface area contributed by atoms with Crippen LogP contribution in [0.3, 0.4) is 0 Å². The molecule has 0 aromatic carbocycles. The molecule has 0 aliphatic heterocycles. The summed E-state index contributed by atoms with van der Waals surface area (Å²) in [6, 6.07) is 3.96. The molecular weight excluding hydrogens is 264 g/mol. The van der Waals surface area contributed by atoms with Gasteiger partial charge in [0, 0.05) is 37.9 Å². The highest BCUT2D eigenvalue weighted by Crippen LogP contribution is 2.10. The number of aryl methyl sites for hydroxylation is 1. The van der Waals surface area contributed by atoms with Crippen molar-refractivity contribution in [2.45, 2.75) is 39.3 Å². The van der Waals surface area contributed by atoms with E-state index >= 15 is 0 Å². The standard InChI is InChI=1S/C16H24N4O/c1-16(2,3)19-11-13-5-6-14(12-18-13)21-10-7-15-17-8-9-20(15)4/h5-6,8-9,12,19H,7,10-11H2,1-4H3. The molecule has 2 heterocycles. The predicted molar refractivity (Wildman–Crippen MR) is 83.2 cm³/mol. The van der Waals surface area contributed by atoms with E-state index in [0.717, 1.165) is 30.2 Å². The molecule has 0 spiro atoms. The molecule has 0 atom stereocenters. The van der Waals surface area contributed by atoms with Crippen molar-refractivity contribution < 1.29 is 4.74 Å². The Balaban J connectivity index is 1.78. The van der Waals surface area contributed by atoms with E-state index in [1.165, 1.54) is 0 Å². The summed E-state index contributed by atoms with van der Waals surface area (Å²) >= 11 is 0. The molecule has 0 bridgehead atoms. The molecule has 0 radical (unpaired) electrons. The van der Waals surface area contributed by atoms with Crippen LogP contribution in [-0.2, 0) is 20.0 Å². The van der Waals surface area contributed by atoms with Gasteiger partial charge in [-0.05, 0) is 32.9 Å². The molecule has 2 aromatic heterocycles. The average molecular weight is 288 g/mol. The number of nitrogens with one attached hydrogen (secondary N) is 1. The molecule has 1 N–H and O–H groups in total. The Morgan fingerprint density at radius 2 is 2.05 bits per heavy atom. The largest absolute Gasteiger partial charge is 0.492 e. The van der Waals surface area contributed by atoms with Crippen molar-refractivity contribution in [1.29, 1.82) is 0 Å². The molecule has 0 saturated heterocycles. The van der Waals surface area contributed by atoms with Gasteiger partial charge in [-0.1, -0.05) is 0 Å². The summed E-state index contributed by atoms with van der Waals surface area (Å²) in [5.41, 5.74) is 1.11. The third kappa shape index (κ3) is 5.19. The first-order valence-corrected chi connectivity index (χ1v) is 7.23. The highest BCUT2D eigenvalue weighted by molar-refractivity contribution is 5.20. The first kappa shape index (κ1) is 15.5. The Labute approximate surface area is 126 Å². The zero-order chi connectivity index (χ0) is 15.3. The average Bonchev–Trinajstić information content (AvgIpc) is 2.83. The van der Waals surface area contributed by atoms with Crippen LogP contribution in [-0.4, -0.2) is 26.7 Å². The van der Waals surface area contributed by atoms with Gasteiger partial charge in [-0.25, -0.2) is 4.98 Å². The Kier molecular flexibility index (Phi) is 4.96. The number of aromatic nitrogens is 3. The molecule has 0 aliphatic rings. The molecule has 5 heteroatoms. The molecular formula is C16H24N4O. The van der Waals surface area contributed by atoms with Crippen molar-refractivity contribution in [1.82, 2.24) is 19.9 Å². The summed E-state index contributed by atoms with van der Waals surface area (Å²) in [7, 11) is 1.99. The van der Waals surface area contributed by atoms with E-state index in [1.54, 1.807) is 12.4 Å².